The fourth-order valence-corrected chi connectivity index (χ4v) is 6.45. The number of imidazole rings is 1. The van der Waals surface area contributed by atoms with E-state index in [1.54, 1.807) is 9.80 Å². The van der Waals surface area contributed by atoms with Crippen LogP contribution in [0.2, 0.25) is 5.02 Å². The summed E-state index contributed by atoms with van der Waals surface area (Å²) in [6.07, 6.45) is 2.51. The Balaban J connectivity index is 1.17. The molecule has 2 aromatic carbocycles. The summed E-state index contributed by atoms with van der Waals surface area (Å²) in [6, 6.07) is 7.09. The molecule has 2 aliphatic rings. The van der Waals surface area contributed by atoms with E-state index in [1.807, 2.05) is 7.05 Å². The van der Waals surface area contributed by atoms with Gasteiger partial charge in [-0.15, -0.1) is 0 Å². The highest BCUT2D eigenvalue weighted by molar-refractivity contribution is 6.34. The van der Waals surface area contributed by atoms with E-state index in [4.69, 9.17) is 21.4 Å². The van der Waals surface area contributed by atoms with Crippen LogP contribution in [0, 0.1) is 17.6 Å². The minimum Gasteiger partial charge on any atom is -0.494 e. The molecule has 2 aliphatic heterocycles. The Morgan fingerprint density at radius 3 is 2.32 bits per heavy atom. The lowest BCUT2D eigenvalue weighted by Gasteiger charge is -2.41. The number of benzene rings is 2. The Bertz CT molecular complexity index is 1720. The first kappa shape index (κ1) is 33.8. The summed E-state index contributed by atoms with van der Waals surface area (Å²) < 4.78 is 35.5. The van der Waals surface area contributed by atoms with Crippen LogP contribution in [0.5, 0.6) is 5.75 Å². The standard InChI is InChI=1S/C32H35ClF2N6O6/c1-38-24(22-6-7-25(47-3)28(35)27(22)34)17-36-29(38)30(44)37-20-4-5-21(23(33)16-20)32(46)40-12-10-39(11-13-40)31(45)19-8-14-41(2,15-9-19)18-26(42)43/h4-7,16-17,19H,8-15,18H2,1-3H3,(H-,37,42,43,44,46)/p+1. The van der Waals surface area contributed by atoms with Crippen molar-refractivity contribution in [3.05, 3.63) is 64.6 Å². The molecule has 2 N–H and O–H groups in total. The number of carboxylic acid groups (broad SMARTS) is 1. The minimum absolute atomic E-state index is 0.0398. The number of amides is 3. The number of nitrogens with one attached hydrogen (secondary N) is 1. The Hall–Kier alpha value is -4.56. The number of quaternary nitrogens is 1. The van der Waals surface area contributed by atoms with Crippen molar-refractivity contribution < 1.29 is 42.3 Å². The quantitative estimate of drug-likeness (QED) is 0.350. The van der Waals surface area contributed by atoms with Gasteiger partial charge in [0.25, 0.3) is 11.8 Å². The van der Waals surface area contributed by atoms with E-state index in [1.165, 1.54) is 55.3 Å². The Kier molecular flexibility index (Phi) is 9.82. The molecule has 0 radical (unpaired) electrons. The molecule has 1 aromatic heterocycles. The van der Waals surface area contributed by atoms with Crippen LogP contribution in [0.4, 0.5) is 14.5 Å². The van der Waals surface area contributed by atoms with Gasteiger partial charge in [0.05, 0.1) is 49.7 Å². The number of carbonyl (C=O) groups is 4. The number of carboxylic acids is 1. The first-order valence-corrected chi connectivity index (χ1v) is 15.5. The van der Waals surface area contributed by atoms with Gasteiger partial charge in [-0.1, -0.05) is 11.6 Å². The van der Waals surface area contributed by atoms with Crippen molar-refractivity contribution in [3.63, 3.8) is 0 Å². The summed E-state index contributed by atoms with van der Waals surface area (Å²) in [5.41, 5.74) is 0.612. The number of hydrogen-bond donors (Lipinski definition) is 2. The number of likely N-dealkylation sites (N-methyl/N-ethyl adjacent to an activating group) is 1. The van der Waals surface area contributed by atoms with Crippen LogP contribution in [0.25, 0.3) is 11.3 Å². The maximum atomic E-state index is 14.7. The van der Waals surface area contributed by atoms with Gasteiger partial charge in [-0.2, -0.15) is 4.39 Å². The molecule has 2 saturated heterocycles. The molecule has 250 valence electrons. The lowest BCUT2D eigenvalue weighted by atomic mass is 9.93. The molecule has 0 bridgehead atoms. The van der Waals surface area contributed by atoms with Crippen molar-refractivity contribution in [1.29, 1.82) is 0 Å². The van der Waals surface area contributed by atoms with E-state index in [0.29, 0.717) is 62.3 Å². The van der Waals surface area contributed by atoms with Gasteiger partial charge in [-0.3, -0.25) is 14.4 Å². The maximum Gasteiger partial charge on any atom is 0.359 e. The lowest BCUT2D eigenvalue weighted by molar-refractivity contribution is -0.907. The molecule has 3 amide bonds. The first-order chi connectivity index (χ1) is 22.3. The molecule has 0 saturated carbocycles. The second-order valence-electron chi connectivity index (χ2n) is 12.1. The second-order valence-corrected chi connectivity index (χ2v) is 12.5. The monoisotopic (exact) mass is 673 g/mol. The largest absolute Gasteiger partial charge is 0.494 e. The normalized spacial score (nSPS) is 19.7. The van der Waals surface area contributed by atoms with Gasteiger partial charge >= 0.3 is 5.97 Å². The van der Waals surface area contributed by atoms with E-state index in [9.17, 15) is 28.0 Å². The molecule has 3 heterocycles. The van der Waals surface area contributed by atoms with Crippen LogP contribution in [0.3, 0.4) is 0 Å². The van der Waals surface area contributed by atoms with Crippen molar-refractivity contribution in [2.45, 2.75) is 12.8 Å². The van der Waals surface area contributed by atoms with Crippen LogP contribution in [0.15, 0.2) is 36.5 Å². The number of aromatic nitrogens is 2. The van der Waals surface area contributed by atoms with Crippen LogP contribution in [0.1, 0.15) is 33.8 Å². The van der Waals surface area contributed by atoms with Crippen LogP contribution in [-0.4, -0.2) is 113 Å². The average Bonchev–Trinajstić information content (AvgIpc) is 3.42. The summed E-state index contributed by atoms with van der Waals surface area (Å²) in [4.78, 5) is 58.1. The fraction of sp³-hybridized carbons (Fsp3) is 0.406. The Labute approximate surface area is 275 Å². The molecule has 15 heteroatoms. The molecular weight excluding hydrogens is 638 g/mol. The number of rotatable bonds is 8. The van der Waals surface area contributed by atoms with Crippen LogP contribution >= 0.6 is 11.6 Å². The van der Waals surface area contributed by atoms with Gasteiger partial charge in [0.1, 0.15) is 0 Å². The Morgan fingerprint density at radius 2 is 1.70 bits per heavy atom. The predicted octanol–water partition coefficient (Wildman–Crippen LogP) is 3.51. The second kappa shape index (κ2) is 13.7. The third-order valence-corrected chi connectivity index (χ3v) is 9.28. The van der Waals surface area contributed by atoms with Crippen LogP contribution < -0.4 is 10.1 Å². The number of piperazine rings is 1. The number of piperidine rings is 1. The van der Waals surface area contributed by atoms with E-state index < -0.39 is 23.5 Å². The molecule has 47 heavy (non-hydrogen) atoms. The topological polar surface area (TPSA) is 134 Å². The van der Waals surface area contributed by atoms with Crippen molar-refractivity contribution >= 4 is 41.0 Å². The first-order valence-electron chi connectivity index (χ1n) is 15.1. The van der Waals surface area contributed by atoms with Crippen molar-refractivity contribution in [3.8, 4) is 17.0 Å². The number of halogens is 3. The van der Waals surface area contributed by atoms with E-state index in [2.05, 4.69) is 10.3 Å². The molecule has 0 unspecified atom stereocenters. The number of nitrogens with zero attached hydrogens (tertiary/aromatic N) is 5. The molecule has 12 nitrogen and oxygen atoms in total. The van der Waals surface area contributed by atoms with Gasteiger partial charge in [0, 0.05) is 63.2 Å². The van der Waals surface area contributed by atoms with Crippen molar-refractivity contribution in [2.75, 3.05) is 65.3 Å². The van der Waals surface area contributed by atoms with Gasteiger partial charge in [-0.05, 0) is 30.3 Å². The zero-order valence-electron chi connectivity index (χ0n) is 26.3. The molecule has 3 aromatic rings. The summed E-state index contributed by atoms with van der Waals surface area (Å²) in [5, 5.41) is 11.9. The lowest BCUT2D eigenvalue weighted by Crippen LogP contribution is -2.56. The molecule has 0 atom stereocenters. The third-order valence-electron chi connectivity index (χ3n) is 8.97. The predicted molar refractivity (Wildman–Crippen MR) is 168 cm³/mol. The van der Waals surface area contributed by atoms with Gasteiger partial charge in [0.15, 0.2) is 23.9 Å². The number of aliphatic carboxylic acids is 1. The number of carbonyl (C=O) groups excluding carboxylic acids is 3. The minimum atomic E-state index is -1.15. The third kappa shape index (κ3) is 7.08. The average molecular weight is 674 g/mol. The summed E-state index contributed by atoms with van der Waals surface area (Å²) in [7, 11) is 4.62. The van der Waals surface area contributed by atoms with Crippen molar-refractivity contribution in [2.24, 2.45) is 13.0 Å². The fourth-order valence-electron chi connectivity index (χ4n) is 6.19. The highest BCUT2D eigenvalue weighted by Crippen LogP contribution is 2.31. The Morgan fingerprint density at radius 1 is 1.04 bits per heavy atom. The molecule has 2 fully saturated rings. The van der Waals surface area contributed by atoms with Gasteiger partial charge in [-0.25, -0.2) is 14.2 Å². The van der Waals surface area contributed by atoms with Gasteiger partial charge in [0.2, 0.25) is 11.7 Å². The summed E-state index contributed by atoms with van der Waals surface area (Å²) in [5.74, 6) is -4.50. The van der Waals surface area contributed by atoms with E-state index in [0.717, 1.165) is 0 Å². The smallest absolute Gasteiger partial charge is 0.359 e. The van der Waals surface area contributed by atoms with Gasteiger partial charge < -0.3 is 34.0 Å². The van der Waals surface area contributed by atoms with E-state index in [-0.39, 0.29) is 57.7 Å². The molecule has 0 aliphatic carbocycles. The zero-order valence-corrected chi connectivity index (χ0v) is 27.0. The highest BCUT2D eigenvalue weighted by Gasteiger charge is 2.37. The summed E-state index contributed by atoms with van der Waals surface area (Å²) >= 11 is 6.47. The van der Waals surface area contributed by atoms with Crippen molar-refractivity contribution in [1.82, 2.24) is 19.4 Å². The summed E-state index contributed by atoms with van der Waals surface area (Å²) in [6.45, 7) is 2.73. The van der Waals surface area contributed by atoms with Crippen LogP contribution in [-0.2, 0) is 16.6 Å². The molecule has 0 spiro atoms. The molecular formula is C32H36ClF2N6O6+. The number of likely N-dealkylation sites (tertiary alicyclic amines) is 1. The van der Waals surface area contributed by atoms with E-state index >= 15 is 0 Å². The number of anilines is 1. The number of methoxy groups -OCH3 is 1. The zero-order chi connectivity index (χ0) is 34.0. The number of ether oxygens (including phenoxy) is 1. The maximum absolute atomic E-state index is 14.7. The SMILES string of the molecule is COc1ccc(-c2cnc(C(=O)Nc3ccc(C(=O)N4CCN(C(=O)C5CC[N+](C)(CC(=O)O)CC5)CC4)c(Cl)c3)n2C)c(F)c1F. The highest BCUT2D eigenvalue weighted by atomic mass is 35.5. The number of hydrogen-bond acceptors (Lipinski definition) is 6. The molecule has 5 rings (SSSR count).